The van der Waals surface area contributed by atoms with Crippen LogP contribution in [0.4, 0.5) is 0 Å². The summed E-state index contributed by atoms with van der Waals surface area (Å²) in [4.78, 5) is 13.5. The van der Waals surface area contributed by atoms with Crippen LogP contribution in [-0.2, 0) is 33.2 Å². The molecule has 0 aromatic heterocycles. The van der Waals surface area contributed by atoms with E-state index in [1.807, 2.05) is 6.08 Å². The summed E-state index contributed by atoms with van der Waals surface area (Å²) in [7, 11) is 0. The van der Waals surface area contributed by atoms with E-state index >= 15 is 0 Å². The molecule has 0 aromatic carbocycles. The number of nitrogens with one attached hydrogen (secondary N) is 1. The minimum atomic E-state index is -1.98. The predicted molar refractivity (Wildman–Crippen MR) is 420 cm³/mol. The van der Waals surface area contributed by atoms with Gasteiger partial charge in [0.2, 0.25) is 5.91 Å². The summed E-state index contributed by atoms with van der Waals surface area (Å²) >= 11 is 0. The van der Waals surface area contributed by atoms with Crippen molar-refractivity contribution in [2.45, 2.75) is 465 Å². The Hall–Kier alpha value is -2.25. The maximum Gasteiger partial charge on any atom is 0.220 e. The molecule has 616 valence electrons. The summed E-state index contributed by atoms with van der Waals surface area (Å²) in [5.74, 6) is -0.269. The Bertz CT molecular complexity index is 2080. The zero-order valence-corrected chi connectivity index (χ0v) is 66.2. The molecule has 105 heavy (non-hydrogen) atoms. The van der Waals surface area contributed by atoms with Crippen LogP contribution < -0.4 is 5.32 Å². The second-order valence-corrected chi connectivity index (χ2v) is 31.0. The van der Waals surface area contributed by atoms with E-state index in [1.165, 1.54) is 276 Å². The van der Waals surface area contributed by atoms with Crippen LogP contribution in [0.2, 0.25) is 0 Å². The lowest BCUT2D eigenvalue weighted by atomic mass is 9.96. The van der Waals surface area contributed by atoms with Crippen molar-refractivity contribution in [2.24, 2.45) is 0 Å². The largest absolute Gasteiger partial charge is 0.394 e. The van der Waals surface area contributed by atoms with E-state index in [0.29, 0.717) is 6.42 Å². The Kier molecular flexibility index (Phi) is 61.3. The summed E-state index contributed by atoms with van der Waals surface area (Å²) in [6, 6.07) is -0.975. The van der Waals surface area contributed by atoms with E-state index in [9.17, 15) is 61.0 Å². The number of aliphatic hydroxyl groups excluding tert-OH is 11. The van der Waals surface area contributed by atoms with Crippen molar-refractivity contribution < 1.29 is 89.4 Å². The monoisotopic (exact) mass is 1490 g/mol. The summed E-state index contributed by atoms with van der Waals surface area (Å²) < 4.78 is 34.5. The average Bonchev–Trinajstić information content (AvgIpc) is 0.780. The van der Waals surface area contributed by atoms with Crippen LogP contribution in [0.3, 0.4) is 0 Å². The molecule has 0 aliphatic carbocycles. The molecule has 17 atom stereocenters. The molecule has 0 bridgehead atoms. The van der Waals surface area contributed by atoms with Crippen molar-refractivity contribution in [2.75, 3.05) is 26.4 Å². The fraction of sp³-hybridized carbons (Fsp3) is 0.895. The third-order valence-corrected chi connectivity index (χ3v) is 21.6. The van der Waals surface area contributed by atoms with Crippen molar-refractivity contribution in [1.82, 2.24) is 5.32 Å². The van der Waals surface area contributed by atoms with Crippen LogP contribution in [0.25, 0.3) is 0 Å². The van der Waals surface area contributed by atoms with Crippen molar-refractivity contribution in [3.63, 3.8) is 0 Å². The van der Waals surface area contributed by atoms with Gasteiger partial charge < -0.3 is 89.9 Å². The first kappa shape index (κ1) is 96.9. The van der Waals surface area contributed by atoms with E-state index in [-0.39, 0.29) is 18.9 Å². The molecular weight excluding hydrogens is 1330 g/mol. The highest BCUT2D eigenvalue weighted by atomic mass is 16.8. The molecule has 0 aromatic rings. The lowest BCUT2D eigenvalue weighted by Crippen LogP contribution is -2.66. The second-order valence-electron chi connectivity index (χ2n) is 31.0. The van der Waals surface area contributed by atoms with E-state index < -0.39 is 124 Å². The predicted octanol–water partition coefficient (Wildman–Crippen LogP) is 15.6. The summed E-state index contributed by atoms with van der Waals surface area (Å²) in [6.45, 7) is 1.78. The normalized spacial score (nSPS) is 26.0. The number of ether oxygens (including phenoxy) is 6. The highest BCUT2D eigenvalue weighted by Crippen LogP contribution is 2.33. The van der Waals surface area contributed by atoms with Crippen LogP contribution in [0.1, 0.15) is 361 Å². The van der Waals surface area contributed by atoms with E-state index in [4.69, 9.17) is 28.4 Å². The summed E-state index contributed by atoms with van der Waals surface area (Å²) in [6.07, 6.45) is 58.2. The number of hydrogen-bond acceptors (Lipinski definition) is 18. The van der Waals surface area contributed by atoms with Gasteiger partial charge in [-0.05, 0) is 57.8 Å². The molecule has 19 nitrogen and oxygen atoms in total. The molecule has 3 saturated heterocycles. The molecule has 0 spiro atoms. The van der Waals surface area contributed by atoms with Gasteiger partial charge in [0, 0.05) is 6.42 Å². The Morgan fingerprint density at radius 1 is 0.343 bits per heavy atom. The number of rotatable bonds is 70. The number of carbonyl (C=O) groups excluding carboxylic acids is 1. The molecule has 12 N–H and O–H groups in total. The van der Waals surface area contributed by atoms with Gasteiger partial charge in [-0.1, -0.05) is 345 Å². The van der Waals surface area contributed by atoms with E-state index in [1.54, 1.807) is 6.08 Å². The number of allylic oxidation sites excluding steroid dienone is 7. The molecule has 3 rings (SSSR count). The Morgan fingerprint density at radius 3 is 0.981 bits per heavy atom. The minimum Gasteiger partial charge on any atom is -0.394 e. The molecule has 0 radical (unpaired) electrons. The van der Waals surface area contributed by atoms with Crippen molar-refractivity contribution in [3.8, 4) is 0 Å². The topological polar surface area (TPSA) is 307 Å². The SMILES string of the molecule is CCCCCCC/C=C\C/C=C\C/C=C\CCCCCCCCCCCCCCCCCCCCC(=O)NC(COC1OC(CO)C(OC2OC(CO)C(OC3OC(CO)C(O)C(O)C3O)C(O)C2O)C(O)C1O)C(O)/C=C/CCCCCCCCCCCCCCCCCCCCCCCCCCC. The zero-order chi connectivity index (χ0) is 76.0. The lowest BCUT2D eigenvalue weighted by Gasteiger charge is -2.48. The molecular formula is C86H159NO18. The molecule has 3 fully saturated rings. The van der Waals surface area contributed by atoms with Gasteiger partial charge in [-0.15, -0.1) is 0 Å². The Morgan fingerprint density at radius 2 is 0.629 bits per heavy atom. The highest BCUT2D eigenvalue weighted by Gasteiger charge is 2.54. The van der Waals surface area contributed by atoms with Crippen molar-refractivity contribution >= 4 is 5.91 Å². The lowest BCUT2D eigenvalue weighted by molar-refractivity contribution is -0.379. The molecule has 3 heterocycles. The van der Waals surface area contributed by atoms with Gasteiger partial charge in [0.15, 0.2) is 18.9 Å². The average molecular weight is 1500 g/mol. The van der Waals surface area contributed by atoms with Gasteiger partial charge in [-0.3, -0.25) is 4.79 Å². The Labute approximate surface area is 637 Å². The van der Waals surface area contributed by atoms with E-state index in [2.05, 4.69) is 55.6 Å². The van der Waals surface area contributed by atoms with Crippen LogP contribution in [0, 0.1) is 0 Å². The molecule has 1 amide bonds. The first-order chi connectivity index (χ1) is 51.3. The second kappa shape index (κ2) is 66.4. The van der Waals surface area contributed by atoms with Gasteiger partial charge in [0.05, 0.1) is 38.6 Å². The van der Waals surface area contributed by atoms with Crippen LogP contribution in [0.15, 0.2) is 48.6 Å². The van der Waals surface area contributed by atoms with Gasteiger partial charge in [-0.25, -0.2) is 0 Å². The van der Waals surface area contributed by atoms with Crippen LogP contribution in [0.5, 0.6) is 0 Å². The zero-order valence-electron chi connectivity index (χ0n) is 66.2. The number of unbranched alkanes of at least 4 members (excludes halogenated alkanes) is 48. The van der Waals surface area contributed by atoms with Gasteiger partial charge in [0.25, 0.3) is 0 Å². The fourth-order valence-corrected chi connectivity index (χ4v) is 14.7. The van der Waals surface area contributed by atoms with Gasteiger partial charge >= 0.3 is 0 Å². The number of aliphatic hydroxyl groups is 11. The first-order valence-corrected chi connectivity index (χ1v) is 43.4. The number of hydrogen-bond donors (Lipinski definition) is 12. The maximum atomic E-state index is 13.5. The molecule has 3 aliphatic heterocycles. The molecule has 19 heteroatoms. The van der Waals surface area contributed by atoms with Crippen molar-refractivity contribution in [3.05, 3.63) is 48.6 Å². The minimum absolute atomic E-state index is 0.245. The standard InChI is InChI=1S/C86H159NO18/c1-3-5-7-9-11-13-15-17-19-21-23-25-27-29-31-32-33-34-35-36-38-40-42-44-46-48-50-52-54-56-58-60-62-64-74(92)87-69(70(91)63-61-59-57-55-53-51-49-47-45-43-41-39-37-30-28-26-24-22-20-18-16-14-12-10-8-6-4-2)68-100-84-80(98)77(95)82(72(66-89)102-84)105-86-81(99)78(96)83(73(67-90)103-86)104-85-79(97)76(94)75(93)71(65-88)101-85/h15,17,21,23,27,29,61,63,69-73,75-86,88-91,93-99H,3-14,16,18-20,22,24-26,28,30-60,62,64-68H2,1-2H3,(H,87,92)/b17-15-,23-21-,29-27-,63-61+. The smallest absolute Gasteiger partial charge is 0.220 e. The first-order valence-electron chi connectivity index (χ1n) is 43.4. The van der Waals surface area contributed by atoms with Crippen LogP contribution >= 0.6 is 0 Å². The van der Waals surface area contributed by atoms with Gasteiger partial charge in [0.1, 0.15) is 73.2 Å². The molecule has 0 saturated carbocycles. The third-order valence-electron chi connectivity index (χ3n) is 21.6. The fourth-order valence-electron chi connectivity index (χ4n) is 14.7. The maximum absolute atomic E-state index is 13.5. The van der Waals surface area contributed by atoms with Crippen LogP contribution in [-0.4, -0.2) is 193 Å². The number of amides is 1. The summed E-state index contributed by atoms with van der Waals surface area (Å²) in [5, 5.41) is 121. The Balaban J connectivity index is 1.34. The highest BCUT2D eigenvalue weighted by molar-refractivity contribution is 5.76. The van der Waals surface area contributed by atoms with Gasteiger partial charge in [-0.2, -0.15) is 0 Å². The molecule has 3 aliphatic rings. The quantitative estimate of drug-likeness (QED) is 0.0199. The summed E-state index contributed by atoms with van der Waals surface area (Å²) in [5.41, 5.74) is 0. The van der Waals surface area contributed by atoms with Crippen molar-refractivity contribution in [1.29, 1.82) is 0 Å². The third kappa shape index (κ3) is 45.8. The molecule has 17 unspecified atom stereocenters. The number of carbonyl (C=O) groups is 1. The van der Waals surface area contributed by atoms with E-state index in [0.717, 1.165) is 57.8 Å².